The molecule has 2 aromatic heterocycles. The first-order chi connectivity index (χ1) is 14.3. The molecule has 0 aliphatic heterocycles. The molecule has 0 saturated heterocycles. The largest absolute Gasteiger partial charge is 0.422 e. The van der Waals surface area contributed by atoms with Crippen molar-refractivity contribution in [2.24, 2.45) is 0 Å². The van der Waals surface area contributed by atoms with Gasteiger partial charge in [0.25, 0.3) is 0 Å². The smallest absolute Gasteiger partial charge is 0.416 e. The molecule has 0 amide bonds. The predicted molar refractivity (Wildman–Crippen MR) is 103 cm³/mol. The van der Waals surface area contributed by atoms with E-state index in [0.29, 0.717) is 23.1 Å². The summed E-state index contributed by atoms with van der Waals surface area (Å²) >= 11 is 0. The zero-order chi connectivity index (χ0) is 21.0. The number of halogens is 3. The summed E-state index contributed by atoms with van der Waals surface area (Å²) in [6.07, 6.45) is -1.20. The Labute approximate surface area is 166 Å². The van der Waals surface area contributed by atoms with Crippen molar-refractivity contribution in [2.75, 3.05) is 0 Å². The molecule has 152 valence electrons. The lowest BCUT2D eigenvalue weighted by atomic mass is 9.90. The van der Waals surface area contributed by atoms with Gasteiger partial charge in [0.1, 0.15) is 11.1 Å². The van der Waals surface area contributed by atoms with Gasteiger partial charge in [-0.05, 0) is 49.4 Å². The van der Waals surface area contributed by atoms with E-state index in [-0.39, 0.29) is 22.5 Å². The predicted octanol–water partition coefficient (Wildman–Crippen LogP) is 4.86. The van der Waals surface area contributed by atoms with Gasteiger partial charge in [-0.2, -0.15) is 13.2 Å². The normalized spacial score (nSPS) is 14.2. The second-order valence-corrected chi connectivity index (χ2v) is 7.29. The Kier molecular flexibility index (Phi) is 4.06. The second kappa shape index (κ2) is 6.55. The Balaban J connectivity index is 1.71. The fraction of sp³-hybridized carbons (Fsp3) is 0.227. The summed E-state index contributed by atoms with van der Waals surface area (Å²) in [6.45, 7) is 0. The van der Waals surface area contributed by atoms with Gasteiger partial charge < -0.3 is 8.83 Å². The van der Waals surface area contributed by atoms with Crippen molar-refractivity contribution in [1.82, 2.24) is 4.98 Å². The van der Waals surface area contributed by atoms with Crippen LogP contribution in [0.3, 0.4) is 0 Å². The molecule has 1 aliphatic carbocycles. The molecule has 1 aliphatic rings. The molecule has 0 unspecified atom stereocenters. The molecular formula is C22H14F3NO4. The van der Waals surface area contributed by atoms with E-state index in [2.05, 4.69) is 4.98 Å². The molecule has 2 heterocycles. The van der Waals surface area contributed by atoms with Crippen molar-refractivity contribution < 1.29 is 22.0 Å². The van der Waals surface area contributed by atoms with E-state index < -0.39 is 17.4 Å². The summed E-state index contributed by atoms with van der Waals surface area (Å²) in [4.78, 5) is 29.0. The number of aromatic nitrogens is 1. The Hall–Kier alpha value is -3.42. The highest BCUT2D eigenvalue weighted by Gasteiger charge is 2.30. The molecule has 0 bridgehead atoms. The molecule has 0 spiro atoms. The van der Waals surface area contributed by atoms with Crippen LogP contribution in [-0.4, -0.2) is 4.98 Å². The Morgan fingerprint density at radius 3 is 2.20 bits per heavy atom. The Bertz CT molecular complexity index is 1420. The fourth-order valence-corrected chi connectivity index (χ4v) is 3.94. The van der Waals surface area contributed by atoms with Crippen LogP contribution < -0.4 is 11.3 Å². The maximum atomic E-state index is 12.8. The van der Waals surface area contributed by atoms with E-state index in [1.54, 1.807) is 6.07 Å². The lowest BCUT2D eigenvalue weighted by Gasteiger charge is -2.16. The van der Waals surface area contributed by atoms with Crippen LogP contribution in [-0.2, 0) is 19.0 Å². The molecule has 2 aromatic carbocycles. The number of alkyl halides is 3. The van der Waals surface area contributed by atoms with Crippen LogP contribution in [0.1, 0.15) is 29.5 Å². The average molecular weight is 413 g/mol. The topological polar surface area (TPSA) is 73.3 Å². The molecule has 0 N–H and O–H groups in total. The number of hydrogen-bond acceptors (Lipinski definition) is 5. The standard InChI is InChI=1S/C22H14F3NO4/c23-22(24,25)12-7-5-11(6-8-12)19-21(28)30-18-10-17-15(9-16(18)26-19)13-3-1-2-4-14(13)20(27)29-17/h5-10H,1-4H2. The summed E-state index contributed by atoms with van der Waals surface area (Å²) in [5, 5.41) is 0.733. The van der Waals surface area contributed by atoms with Crippen LogP contribution >= 0.6 is 0 Å². The number of nitrogens with zero attached hydrogens (tertiary/aromatic N) is 1. The van der Waals surface area contributed by atoms with E-state index in [9.17, 15) is 22.8 Å². The highest BCUT2D eigenvalue weighted by atomic mass is 19.4. The first-order valence-corrected chi connectivity index (χ1v) is 9.42. The van der Waals surface area contributed by atoms with Crippen LogP contribution in [0.5, 0.6) is 0 Å². The van der Waals surface area contributed by atoms with Crippen LogP contribution in [0.25, 0.3) is 33.3 Å². The average Bonchev–Trinajstić information content (AvgIpc) is 2.72. The summed E-state index contributed by atoms with van der Waals surface area (Å²) in [5.41, 5.74) is 0.550. The van der Waals surface area contributed by atoms with Gasteiger partial charge in [0.05, 0.1) is 5.56 Å². The lowest BCUT2D eigenvalue weighted by molar-refractivity contribution is -0.137. The number of benzene rings is 2. The minimum absolute atomic E-state index is 0.0816. The van der Waals surface area contributed by atoms with Crippen molar-refractivity contribution in [1.29, 1.82) is 0 Å². The molecule has 0 fully saturated rings. The minimum atomic E-state index is -4.47. The summed E-state index contributed by atoms with van der Waals surface area (Å²) < 4.78 is 49.1. The van der Waals surface area contributed by atoms with Crippen molar-refractivity contribution in [3.8, 4) is 11.3 Å². The first kappa shape index (κ1) is 18.6. The maximum absolute atomic E-state index is 12.8. The lowest BCUT2D eigenvalue weighted by Crippen LogP contribution is -2.16. The first-order valence-electron chi connectivity index (χ1n) is 9.42. The molecule has 8 heteroatoms. The SMILES string of the molecule is O=c1oc2cc3oc(=O)c4c(c3cc2nc1-c1ccc(C(F)(F)F)cc1)CCCC4. The monoisotopic (exact) mass is 413 g/mol. The van der Waals surface area contributed by atoms with Gasteiger partial charge in [0, 0.05) is 22.6 Å². The van der Waals surface area contributed by atoms with Crippen LogP contribution in [0, 0.1) is 0 Å². The van der Waals surface area contributed by atoms with E-state index in [1.807, 2.05) is 0 Å². The summed E-state index contributed by atoms with van der Waals surface area (Å²) in [7, 11) is 0. The van der Waals surface area contributed by atoms with E-state index in [1.165, 1.54) is 18.2 Å². The van der Waals surface area contributed by atoms with Gasteiger partial charge >= 0.3 is 17.4 Å². The van der Waals surface area contributed by atoms with Crippen LogP contribution in [0.2, 0.25) is 0 Å². The molecule has 30 heavy (non-hydrogen) atoms. The third-order valence-electron chi connectivity index (χ3n) is 5.42. The number of rotatable bonds is 1. The van der Waals surface area contributed by atoms with Crippen LogP contribution in [0.15, 0.2) is 54.8 Å². The minimum Gasteiger partial charge on any atom is -0.422 e. The Morgan fingerprint density at radius 1 is 0.833 bits per heavy atom. The van der Waals surface area contributed by atoms with Gasteiger partial charge in [-0.15, -0.1) is 0 Å². The molecule has 5 nitrogen and oxygen atoms in total. The third kappa shape index (κ3) is 2.99. The molecular weight excluding hydrogens is 399 g/mol. The van der Waals surface area contributed by atoms with Gasteiger partial charge in [-0.25, -0.2) is 14.6 Å². The van der Waals surface area contributed by atoms with Crippen molar-refractivity contribution in [2.45, 2.75) is 31.9 Å². The van der Waals surface area contributed by atoms with Crippen molar-refractivity contribution in [3.63, 3.8) is 0 Å². The quantitative estimate of drug-likeness (QED) is 0.329. The van der Waals surface area contributed by atoms with E-state index in [4.69, 9.17) is 8.83 Å². The van der Waals surface area contributed by atoms with Gasteiger partial charge in [0.15, 0.2) is 11.3 Å². The fourth-order valence-electron chi connectivity index (χ4n) is 3.94. The molecule has 0 saturated carbocycles. The number of hydrogen-bond donors (Lipinski definition) is 0. The summed E-state index contributed by atoms with van der Waals surface area (Å²) in [5.74, 6) is 0. The second-order valence-electron chi connectivity index (χ2n) is 7.29. The molecule has 0 atom stereocenters. The van der Waals surface area contributed by atoms with Gasteiger partial charge in [0.2, 0.25) is 0 Å². The number of aryl methyl sites for hydroxylation is 1. The molecule has 5 rings (SSSR count). The highest BCUT2D eigenvalue weighted by Crippen LogP contribution is 2.32. The highest BCUT2D eigenvalue weighted by molar-refractivity contribution is 5.93. The van der Waals surface area contributed by atoms with E-state index >= 15 is 0 Å². The zero-order valence-corrected chi connectivity index (χ0v) is 15.5. The number of fused-ring (bicyclic) bond motifs is 4. The molecule has 4 aromatic rings. The maximum Gasteiger partial charge on any atom is 0.416 e. The van der Waals surface area contributed by atoms with Crippen molar-refractivity contribution in [3.05, 3.63) is 73.9 Å². The third-order valence-corrected chi connectivity index (χ3v) is 5.42. The van der Waals surface area contributed by atoms with E-state index in [0.717, 1.165) is 42.3 Å². The summed E-state index contributed by atoms with van der Waals surface area (Å²) in [6, 6.07) is 7.34. The van der Waals surface area contributed by atoms with Crippen LogP contribution in [0.4, 0.5) is 13.2 Å². The van der Waals surface area contributed by atoms with Crippen molar-refractivity contribution >= 4 is 22.1 Å². The zero-order valence-electron chi connectivity index (χ0n) is 15.5. The molecule has 0 radical (unpaired) electrons. The van der Waals surface area contributed by atoms with Gasteiger partial charge in [-0.3, -0.25) is 0 Å². The Morgan fingerprint density at radius 2 is 1.50 bits per heavy atom. The van der Waals surface area contributed by atoms with Gasteiger partial charge in [-0.1, -0.05) is 12.1 Å².